The number of nitrogens with zero attached hydrogens (tertiary/aromatic N) is 4. The largest absolute Gasteiger partial charge is 0.494 e. The number of anilines is 1. The number of fused-ring (bicyclic) bond motifs is 1. The lowest BCUT2D eigenvalue weighted by Crippen LogP contribution is -2.49. The van der Waals surface area contributed by atoms with Crippen molar-refractivity contribution in [2.75, 3.05) is 44.7 Å². The Hall–Kier alpha value is -2.60. The first kappa shape index (κ1) is 27.4. The summed E-state index contributed by atoms with van der Waals surface area (Å²) in [5.74, 6) is -0.191. The number of aryl methyl sites for hydroxylation is 1. The molecule has 1 fully saturated rings. The third-order valence-corrected chi connectivity index (χ3v) is 9.99. The van der Waals surface area contributed by atoms with Gasteiger partial charge in [0.2, 0.25) is 15.9 Å². The van der Waals surface area contributed by atoms with Crippen LogP contribution in [0, 0.1) is 12.7 Å². The number of thiazole rings is 1. The summed E-state index contributed by atoms with van der Waals surface area (Å²) in [7, 11) is -2.39. The third-order valence-electron chi connectivity index (χ3n) is 6.85. The van der Waals surface area contributed by atoms with Crippen LogP contribution in [0.3, 0.4) is 0 Å². The fourth-order valence-electron chi connectivity index (χ4n) is 4.66. The van der Waals surface area contributed by atoms with Crippen molar-refractivity contribution in [2.24, 2.45) is 0 Å². The summed E-state index contributed by atoms with van der Waals surface area (Å²) in [6, 6.07) is 7.68. The van der Waals surface area contributed by atoms with E-state index in [1.54, 1.807) is 12.0 Å². The van der Waals surface area contributed by atoms with E-state index in [2.05, 4.69) is 18.7 Å². The molecule has 0 spiro atoms. The number of benzene rings is 2. The molecular formula is C26H33FN4O4S2. The molecule has 1 atom stereocenters. The number of ether oxygens (including phenoxy) is 1. The molecule has 8 nitrogen and oxygen atoms in total. The van der Waals surface area contributed by atoms with E-state index in [9.17, 15) is 17.6 Å². The lowest BCUT2D eigenvalue weighted by molar-refractivity contribution is -0.121. The molecule has 1 aliphatic rings. The van der Waals surface area contributed by atoms with Crippen molar-refractivity contribution >= 4 is 42.6 Å². The lowest BCUT2D eigenvalue weighted by atomic mass is 10.2. The van der Waals surface area contributed by atoms with Crippen molar-refractivity contribution in [3.63, 3.8) is 0 Å². The van der Waals surface area contributed by atoms with Gasteiger partial charge in [-0.15, -0.1) is 0 Å². The Bertz CT molecular complexity index is 1360. The second-order valence-corrected chi connectivity index (χ2v) is 11.9. The third kappa shape index (κ3) is 5.50. The fraction of sp³-hybridized carbons (Fsp3) is 0.462. The molecule has 0 radical (unpaired) electrons. The van der Waals surface area contributed by atoms with Crippen molar-refractivity contribution in [3.8, 4) is 5.75 Å². The molecule has 1 amide bonds. The minimum absolute atomic E-state index is 0.0244. The maximum atomic E-state index is 14.1. The molecular weight excluding hydrogens is 515 g/mol. The molecule has 2 heterocycles. The topological polar surface area (TPSA) is 83.0 Å². The van der Waals surface area contributed by atoms with Gasteiger partial charge in [0.25, 0.3) is 0 Å². The highest BCUT2D eigenvalue weighted by atomic mass is 32.2. The van der Waals surface area contributed by atoms with Gasteiger partial charge in [-0.05, 0) is 68.8 Å². The van der Waals surface area contributed by atoms with Crippen molar-refractivity contribution in [2.45, 2.75) is 44.6 Å². The van der Waals surface area contributed by atoms with Crippen molar-refractivity contribution in [1.29, 1.82) is 0 Å². The number of aromatic nitrogens is 1. The Morgan fingerprint density at radius 1 is 1.16 bits per heavy atom. The standard InChI is InChI=1S/C26H33FN4O4S2/c1-5-29(6-2)16-17-30(26-28-23-22(35-4)14-9-18(3)24(23)36-26)25(32)21-8-7-15-31(21)37(33,34)20-12-10-19(27)11-13-20/h9-14,21H,5-8,15-17H2,1-4H3. The highest BCUT2D eigenvalue weighted by Crippen LogP contribution is 2.37. The molecule has 0 aliphatic carbocycles. The van der Waals surface area contributed by atoms with Gasteiger partial charge in [0.05, 0.1) is 16.7 Å². The smallest absolute Gasteiger partial charge is 0.247 e. The number of likely N-dealkylation sites (N-methyl/N-ethyl adjacent to an activating group) is 1. The van der Waals surface area contributed by atoms with Crippen LogP contribution in [0.15, 0.2) is 41.3 Å². The number of methoxy groups -OCH3 is 1. The molecule has 2 aromatic carbocycles. The van der Waals surface area contributed by atoms with E-state index in [1.165, 1.54) is 27.8 Å². The minimum atomic E-state index is -3.98. The summed E-state index contributed by atoms with van der Waals surface area (Å²) in [6.45, 7) is 9.02. The molecule has 0 bridgehead atoms. The van der Waals surface area contributed by atoms with E-state index in [0.29, 0.717) is 42.3 Å². The molecule has 0 saturated carbocycles. The number of amides is 1. The summed E-state index contributed by atoms with van der Waals surface area (Å²) in [5, 5.41) is 0.519. The van der Waals surface area contributed by atoms with Crippen molar-refractivity contribution in [1.82, 2.24) is 14.2 Å². The van der Waals surface area contributed by atoms with Gasteiger partial charge in [0, 0.05) is 19.6 Å². The Balaban J connectivity index is 1.72. The molecule has 4 rings (SSSR count). The first-order chi connectivity index (χ1) is 17.7. The zero-order valence-corrected chi connectivity index (χ0v) is 23.2. The van der Waals surface area contributed by atoms with Gasteiger partial charge < -0.3 is 9.64 Å². The first-order valence-corrected chi connectivity index (χ1v) is 14.7. The molecule has 1 aromatic heterocycles. The molecule has 1 saturated heterocycles. The van der Waals surface area contributed by atoms with Crippen LogP contribution in [0.1, 0.15) is 32.3 Å². The maximum absolute atomic E-state index is 14.1. The van der Waals surface area contributed by atoms with Gasteiger partial charge in [-0.2, -0.15) is 4.31 Å². The van der Waals surface area contributed by atoms with Crippen LogP contribution in [0.4, 0.5) is 9.52 Å². The van der Waals surface area contributed by atoms with Crippen molar-refractivity contribution in [3.05, 3.63) is 47.8 Å². The van der Waals surface area contributed by atoms with Crippen LogP contribution in [0.25, 0.3) is 10.2 Å². The van der Waals surface area contributed by atoms with Crippen LogP contribution >= 0.6 is 11.3 Å². The van der Waals surface area contributed by atoms with Crippen molar-refractivity contribution < 1.29 is 22.3 Å². The van der Waals surface area contributed by atoms with Gasteiger partial charge in [0.15, 0.2) is 5.13 Å². The average Bonchev–Trinajstić information content (AvgIpc) is 3.56. The predicted octanol–water partition coefficient (Wildman–Crippen LogP) is 4.28. The molecule has 37 heavy (non-hydrogen) atoms. The van der Waals surface area contributed by atoms with E-state index in [1.807, 2.05) is 19.1 Å². The second kappa shape index (κ2) is 11.4. The first-order valence-electron chi connectivity index (χ1n) is 12.5. The molecule has 1 aliphatic heterocycles. The summed E-state index contributed by atoms with van der Waals surface area (Å²) in [6.07, 6.45) is 0.974. The van der Waals surface area contributed by atoms with Gasteiger partial charge >= 0.3 is 0 Å². The summed E-state index contributed by atoms with van der Waals surface area (Å²) < 4.78 is 48.0. The zero-order chi connectivity index (χ0) is 26.7. The number of sulfonamides is 1. The monoisotopic (exact) mass is 548 g/mol. The minimum Gasteiger partial charge on any atom is -0.494 e. The average molecular weight is 549 g/mol. The molecule has 0 N–H and O–H groups in total. The van der Waals surface area contributed by atoms with Gasteiger partial charge in [0.1, 0.15) is 23.1 Å². The van der Waals surface area contributed by atoms with Gasteiger partial charge in [-0.25, -0.2) is 17.8 Å². The Labute approximate surface area is 221 Å². The fourth-order valence-corrected chi connectivity index (χ4v) is 7.39. The number of halogens is 1. The van der Waals surface area contributed by atoms with Gasteiger partial charge in [-0.1, -0.05) is 31.3 Å². The van der Waals surface area contributed by atoms with E-state index in [4.69, 9.17) is 9.72 Å². The normalized spacial score (nSPS) is 16.5. The van der Waals surface area contributed by atoms with E-state index in [-0.39, 0.29) is 17.3 Å². The van der Waals surface area contributed by atoms with Crippen LogP contribution in [0.5, 0.6) is 5.75 Å². The quantitative estimate of drug-likeness (QED) is 0.376. The molecule has 11 heteroatoms. The van der Waals surface area contributed by atoms with Crippen LogP contribution in [0.2, 0.25) is 0 Å². The lowest BCUT2D eigenvalue weighted by Gasteiger charge is -2.30. The summed E-state index contributed by atoms with van der Waals surface area (Å²) in [4.78, 5) is 22.7. The Morgan fingerprint density at radius 3 is 2.51 bits per heavy atom. The number of carbonyl (C=O) groups is 1. The Morgan fingerprint density at radius 2 is 1.86 bits per heavy atom. The summed E-state index contributed by atoms with van der Waals surface area (Å²) in [5.41, 5.74) is 1.71. The van der Waals surface area contributed by atoms with E-state index in [0.717, 1.165) is 35.5 Å². The van der Waals surface area contributed by atoms with E-state index < -0.39 is 21.9 Å². The SMILES string of the molecule is CCN(CC)CCN(C(=O)C1CCCN1S(=O)(=O)c1ccc(F)cc1)c1nc2c(OC)ccc(C)c2s1. The zero-order valence-electron chi connectivity index (χ0n) is 21.6. The van der Waals surface area contributed by atoms with Crippen LogP contribution in [-0.4, -0.2) is 74.4 Å². The highest BCUT2D eigenvalue weighted by molar-refractivity contribution is 7.89. The van der Waals surface area contributed by atoms with E-state index >= 15 is 0 Å². The molecule has 1 unspecified atom stereocenters. The number of hydrogen-bond acceptors (Lipinski definition) is 7. The number of hydrogen-bond donors (Lipinski definition) is 0. The molecule has 3 aromatic rings. The van der Waals surface area contributed by atoms with Gasteiger partial charge in [-0.3, -0.25) is 9.69 Å². The Kier molecular flexibility index (Phi) is 8.47. The highest BCUT2D eigenvalue weighted by Gasteiger charge is 2.42. The predicted molar refractivity (Wildman–Crippen MR) is 144 cm³/mol. The number of carbonyl (C=O) groups excluding carboxylic acids is 1. The molecule has 200 valence electrons. The summed E-state index contributed by atoms with van der Waals surface area (Å²) >= 11 is 1.41. The van der Waals surface area contributed by atoms with Crippen LogP contribution in [-0.2, 0) is 14.8 Å². The maximum Gasteiger partial charge on any atom is 0.247 e. The number of rotatable bonds is 10. The van der Waals surface area contributed by atoms with Crippen LogP contribution < -0.4 is 9.64 Å². The second-order valence-electron chi connectivity index (χ2n) is 9.00.